The summed E-state index contributed by atoms with van der Waals surface area (Å²) < 4.78 is 7.27. The number of nitrogens with one attached hydrogen (secondary N) is 1. The molecule has 2 saturated heterocycles. The van der Waals surface area contributed by atoms with Gasteiger partial charge >= 0.3 is 0 Å². The van der Waals surface area contributed by atoms with E-state index in [0.29, 0.717) is 17.3 Å². The van der Waals surface area contributed by atoms with Gasteiger partial charge in [-0.05, 0) is 31.5 Å². The summed E-state index contributed by atoms with van der Waals surface area (Å²) in [6, 6.07) is 7.39. The van der Waals surface area contributed by atoms with Crippen molar-refractivity contribution in [2.45, 2.75) is 43.7 Å². The van der Waals surface area contributed by atoms with Gasteiger partial charge in [-0.3, -0.25) is 9.36 Å². The van der Waals surface area contributed by atoms with Crippen LogP contribution in [0.2, 0.25) is 0 Å². The minimum absolute atomic E-state index is 0.0304. The van der Waals surface area contributed by atoms with Crippen molar-refractivity contribution < 1.29 is 9.84 Å². The number of benzene rings is 1. The fourth-order valence-corrected chi connectivity index (χ4v) is 3.53. The van der Waals surface area contributed by atoms with Crippen molar-refractivity contribution in [3.63, 3.8) is 0 Å². The molecule has 0 aliphatic carbocycles. The minimum Gasteiger partial charge on any atom is -0.364 e. The van der Waals surface area contributed by atoms with Crippen LogP contribution in [0.4, 0.5) is 0 Å². The Morgan fingerprint density at radius 1 is 1.45 bits per heavy atom. The van der Waals surface area contributed by atoms with Gasteiger partial charge in [0.1, 0.15) is 0 Å². The number of aliphatic hydroxyl groups is 1. The molecule has 2 aliphatic heterocycles. The molecule has 22 heavy (non-hydrogen) atoms. The average Bonchev–Trinajstić information content (AvgIpc) is 2.86. The third kappa shape index (κ3) is 2.33. The van der Waals surface area contributed by atoms with Crippen molar-refractivity contribution in [3.05, 3.63) is 40.9 Å². The maximum Gasteiger partial charge on any atom is 0.261 e. The summed E-state index contributed by atoms with van der Waals surface area (Å²) in [5, 5.41) is 14.7. The lowest BCUT2D eigenvalue weighted by Gasteiger charge is -2.25. The first-order valence-electron chi connectivity index (χ1n) is 7.72. The first kappa shape index (κ1) is 13.9. The third-order valence-corrected chi connectivity index (χ3v) is 4.58. The molecule has 116 valence electrons. The molecule has 3 heterocycles. The quantitative estimate of drug-likeness (QED) is 0.851. The number of rotatable bonds is 2. The number of ether oxygens (including phenoxy) is 1. The molecule has 2 aromatic rings. The lowest BCUT2D eigenvalue weighted by Crippen LogP contribution is -2.41. The standard InChI is InChI=1S/C16H19N3O3/c20-15-11-4-1-2-5-12(11)18-10-19(15)9-16(21)8-13-14(22-16)6-3-7-17-13/h1-2,4-5,10,13-14,17,21H,3,6-9H2/t13-,14+,16+/m0/s1. The molecule has 0 saturated carbocycles. The summed E-state index contributed by atoms with van der Waals surface area (Å²) in [6.07, 6.45) is 4.01. The van der Waals surface area contributed by atoms with Gasteiger partial charge in [-0.15, -0.1) is 0 Å². The van der Waals surface area contributed by atoms with Gasteiger partial charge in [0, 0.05) is 12.5 Å². The predicted octanol–water partition coefficient (Wildman–Crippen LogP) is 0.626. The number of hydrogen-bond donors (Lipinski definition) is 2. The van der Waals surface area contributed by atoms with Crippen molar-refractivity contribution in [2.24, 2.45) is 0 Å². The van der Waals surface area contributed by atoms with Gasteiger partial charge in [0.15, 0.2) is 5.79 Å². The topological polar surface area (TPSA) is 76.4 Å². The summed E-state index contributed by atoms with van der Waals surface area (Å²) in [7, 11) is 0. The third-order valence-electron chi connectivity index (χ3n) is 4.58. The fourth-order valence-electron chi connectivity index (χ4n) is 3.53. The highest BCUT2D eigenvalue weighted by molar-refractivity contribution is 5.76. The van der Waals surface area contributed by atoms with E-state index in [2.05, 4.69) is 10.3 Å². The highest BCUT2D eigenvalue weighted by Crippen LogP contribution is 2.33. The Kier molecular flexibility index (Phi) is 3.25. The van der Waals surface area contributed by atoms with Gasteiger partial charge < -0.3 is 15.2 Å². The van der Waals surface area contributed by atoms with Gasteiger partial charge in [-0.25, -0.2) is 4.98 Å². The van der Waals surface area contributed by atoms with Crippen LogP contribution < -0.4 is 10.9 Å². The van der Waals surface area contributed by atoms with E-state index in [0.717, 1.165) is 19.4 Å². The molecule has 1 aromatic heterocycles. The number of fused-ring (bicyclic) bond motifs is 2. The Bertz CT molecular complexity index is 744. The van der Waals surface area contributed by atoms with E-state index in [1.807, 2.05) is 12.1 Å². The second-order valence-corrected chi connectivity index (χ2v) is 6.20. The first-order valence-corrected chi connectivity index (χ1v) is 7.72. The SMILES string of the molecule is O=c1c2ccccc2ncn1C[C@@]1(O)C[C@@H]2NCCC[C@H]2O1. The molecule has 1 aromatic carbocycles. The van der Waals surface area contributed by atoms with Crippen molar-refractivity contribution in [3.8, 4) is 0 Å². The van der Waals surface area contributed by atoms with Crippen LogP contribution in [-0.2, 0) is 11.3 Å². The van der Waals surface area contributed by atoms with E-state index in [4.69, 9.17) is 4.74 Å². The van der Waals surface area contributed by atoms with Crippen LogP contribution in [-0.4, -0.2) is 39.1 Å². The smallest absolute Gasteiger partial charge is 0.261 e. The summed E-state index contributed by atoms with van der Waals surface area (Å²) >= 11 is 0. The van der Waals surface area contributed by atoms with E-state index >= 15 is 0 Å². The predicted molar refractivity (Wildman–Crippen MR) is 81.5 cm³/mol. The van der Waals surface area contributed by atoms with E-state index in [1.165, 1.54) is 10.9 Å². The maximum atomic E-state index is 12.5. The molecule has 4 rings (SSSR count). The molecule has 2 N–H and O–H groups in total. The lowest BCUT2D eigenvalue weighted by atomic mass is 9.99. The second-order valence-electron chi connectivity index (χ2n) is 6.20. The van der Waals surface area contributed by atoms with Crippen LogP contribution in [0.15, 0.2) is 35.4 Å². The molecule has 0 radical (unpaired) electrons. The lowest BCUT2D eigenvalue weighted by molar-refractivity contribution is -0.202. The molecule has 2 fully saturated rings. The second kappa shape index (κ2) is 5.15. The summed E-state index contributed by atoms with van der Waals surface area (Å²) in [5.74, 6) is -1.30. The molecule has 6 nitrogen and oxygen atoms in total. The van der Waals surface area contributed by atoms with Crippen LogP contribution in [0.25, 0.3) is 10.9 Å². The Balaban J connectivity index is 1.63. The van der Waals surface area contributed by atoms with E-state index in [9.17, 15) is 9.90 Å². The molecule has 2 aliphatic rings. The molecular weight excluding hydrogens is 282 g/mol. The Morgan fingerprint density at radius 2 is 2.32 bits per heavy atom. The van der Waals surface area contributed by atoms with Crippen molar-refractivity contribution in [1.29, 1.82) is 0 Å². The van der Waals surface area contributed by atoms with Crippen LogP contribution in [0.5, 0.6) is 0 Å². The van der Waals surface area contributed by atoms with Gasteiger partial charge in [0.25, 0.3) is 5.56 Å². The molecule has 6 heteroatoms. The fraction of sp³-hybridized carbons (Fsp3) is 0.500. The largest absolute Gasteiger partial charge is 0.364 e. The zero-order valence-corrected chi connectivity index (χ0v) is 12.2. The molecule has 0 amide bonds. The number of aromatic nitrogens is 2. The summed E-state index contributed by atoms with van der Waals surface area (Å²) in [4.78, 5) is 16.8. The molecule has 0 spiro atoms. The van der Waals surface area contributed by atoms with Crippen molar-refractivity contribution >= 4 is 10.9 Å². The number of para-hydroxylation sites is 1. The van der Waals surface area contributed by atoms with Gasteiger partial charge in [-0.1, -0.05) is 12.1 Å². The first-order chi connectivity index (χ1) is 10.6. The Hall–Kier alpha value is -1.76. The zero-order chi connectivity index (χ0) is 15.2. The van der Waals surface area contributed by atoms with Gasteiger partial charge in [0.2, 0.25) is 0 Å². The Morgan fingerprint density at radius 3 is 3.18 bits per heavy atom. The number of piperidine rings is 1. The summed E-state index contributed by atoms with van der Waals surface area (Å²) in [5.41, 5.74) is 0.517. The molecular formula is C16H19N3O3. The van der Waals surface area contributed by atoms with E-state index < -0.39 is 5.79 Å². The Labute approximate surface area is 127 Å². The number of hydrogen-bond acceptors (Lipinski definition) is 5. The normalized spacial score (nSPS) is 31.3. The van der Waals surface area contributed by atoms with Crippen LogP contribution in [0.1, 0.15) is 19.3 Å². The highest BCUT2D eigenvalue weighted by Gasteiger charge is 2.46. The average molecular weight is 301 g/mol. The zero-order valence-electron chi connectivity index (χ0n) is 12.2. The molecule has 0 bridgehead atoms. The number of nitrogens with zero attached hydrogens (tertiary/aromatic N) is 2. The van der Waals surface area contributed by atoms with Crippen molar-refractivity contribution in [2.75, 3.05) is 6.54 Å². The van der Waals surface area contributed by atoms with Gasteiger partial charge in [-0.2, -0.15) is 0 Å². The highest BCUT2D eigenvalue weighted by atomic mass is 16.6. The minimum atomic E-state index is -1.30. The monoisotopic (exact) mass is 301 g/mol. The summed E-state index contributed by atoms with van der Waals surface area (Å²) in [6.45, 7) is 1.07. The molecule has 0 unspecified atom stereocenters. The maximum absolute atomic E-state index is 12.5. The van der Waals surface area contributed by atoms with Crippen LogP contribution in [0.3, 0.4) is 0 Å². The van der Waals surface area contributed by atoms with Gasteiger partial charge in [0.05, 0.1) is 29.9 Å². The van der Waals surface area contributed by atoms with E-state index in [1.54, 1.807) is 12.1 Å². The van der Waals surface area contributed by atoms with Crippen LogP contribution in [0, 0.1) is 0 Å². The van der Waals surface area contributed by atoms with Crippen LogP contribution >= 0.6 is 0 Å². The van der Waals surface area contributed by atoms with Crippen molar-refractivity contribution in [1.82, 2.24) is 14.9 Å². The van der Waals surface area contributed by atoms with E-state index in [-0.39, 0.29) is 24.2 Å². The molecule has 3 atom stereocenters.